The summed E-state index contributed by atoms with van der Waals surface area (Å²) in [7, 11) is 0. The molecule has 0 aromatic heterocycles. The number of hydrogen-bond donors (Lipinski definition) is 0. The van der Waals surface area contributed by atoms with E-state index in [0.29, 0.717) is 5.92 Å². The Morgan fingerprint density at radius 2 is 1.30 bits per heavy atom. The predicted octanol–water partition coefficient (Wildman–Crippen LogP) is 6.43. The van der Waals surface area contributed by atoms with Gasteiger partial charge in [0, 0.05) is 0 Å². The van der Waals surface area contributed by atoms with Gasteiger partial charge < -0.3 is 0 Å². The Bertz CT molecular complexity index is 442. The van der Waals surface area contributed by atoms with Crippen molar-refractivity contribution in [3.05, 3.63) is 34.9 Å². The van der Waals surface area contributed by atoms with Crippen LogP contribution in [0.25, 0.3) is 0 Å². The summed E-state index contributed by atoms with van der Waals surface area (Å²) in [6.45, 7) is 20.9. The Balaban J connectivity index is 3.36. The zero-order chi connectivity index (χ0) is 15.7. The molecule has 0 unspecified atom stereocenters. The SMILES string of the molecule is CC(C)CC(C)(C)c1cc(C(C)C)cc(C(C)(C)C)c1. The molecule has 0 N–H and O–H groups in total. The Labute approximate surface area is 127 Å². The van der Waals surface area contributed by atoms with Crippen LogP contribution in [0.2, 0.25) is 0 Å². The molecule has 1 rings (SSSR count). The lowest BCUT2D eigenvalue weighted by atomic mass is 9.74. The monoisotopic (exact) mass is 274 g/mol. The van der Waals surface area contributed by atoms with E-state index in [9.17, 15) is 0 Å². The number of benzene rings is 1. The normalized spacial score (nSPS) is 13.3. The first kappa shape index (κ1) is 17.3. The molecular formula is C20H34. The lowest BCUT2D eigenvalue weighted by Gasteiger charge is -2.31. The van der Waals surface area contributed by atoms with Crippen LogP contribution < -0.4 is 0 Å². The van der Waals surface area contributed by atoms with Gasteiger partial charge in [0.2, 0.25) is 0 Å². The minimum absolute atomic E-state index is 0.216. The van der Waals surface area contributed by atoms with Crippen LogP contribution in [0.5, 0.6) is 0 Å². The lowest BCUT2D eigenvalue weighted by molar-refractivity contribution is 0.398. The van der Waals surface area contributed by atoms with E-state index in [4.69, 9.17) is 0 Å². The summed E-state index contributed by atoms with van der Waals surface area (Å²) in [6, 6.07) is 7.27. The largest absolute Gasteiger partial charge is 0.0627 e. The molecular weight excluding hydrogens is 240 g/mol. The third-order valence-corrected chi connectivity index (χ3v) is 4.19. The van der Waals surface area contributed by atoms with Crippen molar-refractivity contribution in [1.29, 1.82) is 0 Å². The van der Waals surface area contributed by atoms with E-state index in [1.807, 2.05) is 0 Å². The van der Waals surface area contributed by atoms with Crippen molar-refractivity contribution in [3.63, 3.8) is 0 Å². The molecule has 0 bridgehead atoms. The zero-order valence-corrected chi connectivity index (χ0v) is 15.1. The van der Waals surface area contributed by atoms with Crippen LogP contribution in [-0.2, 0) is 10.8 Å². The quantitative estimate of drug-likeness (QED) is 0.593. The van der Waals surface area contributed by atoms with E-state index in [0.717, 1.165) is 5.92 Å². The zero-order valence-electron chi connectivity index (χ0n) is 15.1. The maximum atomic E-state index is 2.44. The van der Waals surface area contributed by atoms with Crippen LogP contribution in [0.1, 0.15) is 91.3 Å². The second-order valence-electron chi connectivity index (χ2n) is 8.73. The topological polar surface area (TPSA) is 0 Å². The molecule has 114 valence electrons. The summed E-state index contributed by atoms with van der Waals surface area (Å²) in [5.41, 5.74) is 4.91. The molecule has 0 nitrogen and oxygen atoms in total. The van der Waals surface area contributed by atoms with Crippen LogP contribution in [0, 0.1) is 5.92 Å². The van der Waals surface area contributed by atoms with Crippen molar-refractivity contribution < 1.29 is 0 Å². The molecule has 0 saturated heterocycles. The highest BCUT2D eigenvalue weighted by atomic mass is 14.3. The lowest BCUT2D eigenvalue weighted by Crippen LogP contribution is -2.22. The average Bonchev–Trinajstić information content (AvgIpc) is 2.25. The van der Waals surface area contributed by atoms with Gasteiger partial charge in [-0.1, -0.05) is 80.5 Å². The van der Waals surface area contributed by atoms with Gasteiger partial charge in [0.1, 0.15) is 0 Å². The highest BCUT2D eigenvalue weighted by Crippen LogP contribution is 2.35. The van der Waals surface area contributed by atoms with Crippen LogP contribution in [0.15, 0.2) is 18.2 Å². The fourth-order valence-corrected chi connectivity index (χ4v) is 2.95. The van der Waals surface area contributed by atoms with Crippen LogP contribution >= 0.6 is 0 Å². The predicted molar refractivity (Wildman–Crippen MR) is 91.7 cm³/mol. The van der Waals surface area contributed by atoms with E-state index in [2.05, 4.69) is 80.5 Å². The van der Waals surface area contributed by atoms with E-state index in [-0.39, 0.29) is 10.8 Å². The molecule has 0 heterocycles. The third kappa shape index (κ3) is 4.36. The van der Waals surface area contributed by atoms with Gasteiger partial charge in [-0.3, -0.25) is 0 Å². The van der Waals surface area contributed by atoms with Gasteiger partial charge in [-0.05, 0) is 45.8 Å². The smallest absolute Gasteiger partial charge is 0.0101 e. The van der Waals surface area contributed by atoms with Crippen LogP contribution in [0.4, 0.5) is 0 Å². The molecule has 0 saturated carbocycles. The van der Waals surface area contributed by atoms with E-state index in [1.54, 1.807) is 0 Å². The third-order valence-electron chi connectivity index (χ3n) is 4.19. The van der Waals surface area contributed by atoms with E-state index in [1.165, 1.54) is 23.1 Å². The molecule has 0 amide bonds. The summed E-state index contributed by atoms with van der Waals surface area (Å²) in [5.74, 6) is 1.32. The summed E-state index contributed by atoms with van der Waals surface area (Å²) >= 11 is 0. The molecule has 0 atom stereocenters. The van der Waals surface area contributed by atoms with Crippen molar-refractivity contribution in [3.8, 4) is 0 Å². The van der Waals surface area contributed by atoms with Crippen molar-refractivity contribution >= 4 is 0 Å². The Hall–Kier alpha value is -0.780. The van der Waals surface area contributed by atoms with Crippen molar-refractivity contribution in [2.45, 2.75) is 85.5 Å². The molecule has 0 aliphatic rings. The van der Waals surface area contributed by atoms with Gasteiger partial charge in [0.25, 0.3) is 0 Å². The molecule has 0 spiro atoms. The summed E-state index contributed by atoms with van der Waals surface area (Å²) in [6.07, 6.45) is 1.23. The van der Waals surface area contributed by atoms with Gasteiger partial charge in [0.05, 0.1) is 0 Å². The second kappa shape index (κ2) is 5.92. The first-order valence-corrected chi connectivity index (χ1v) is 8.09. The maximum absolute atomic E-state index is 2.44. The molecule has 20 heavy (non-hydrogen) atoms. The Morgan fingerprint density at radius 1 is 0.800 bits per heavy atom. The van der Waals surface area contributed by atoms with Gasteiger partial charge in [-0.2, -0.15) is 0 Å². The standard InChI is InChI=1S/C20H34/c1-14(2)13-20(8,9)18-11-16(15(3)4)10-17(12-18)19(5,6)7/h10-12,14-15H,13H2,1-9H3. The van der Waals surface area contributed by atoms with Crippen molar-refractivity contribution in [1.82, 2.24) is 0 Å². The van der Waals surface area contributed by atoms with Crippen molar-refractivity contribution in [2.75, 3.05) is 0 Å². The van der Waals surface area contributed by atoms with E-state index < -0.39 is 0 Å². The molecule has 1 aromatic carbocycles. The summed E-state index contributed by atoms with van der Waals surface area (Å²) in [5, 5.41) is 0. The maximum Gasteiger partial charge on any atom is -0.0101 e. The molecule has 0 heteroatoms. The van der Waals surface area contributed by atoms with Gasteiger partial charge in [0.15, 0.2) is 0 Å². The molecule has 0 radical (unpaired) electrons. The molecule has 0 aliphatic heterocycles. The van der Waals surface area contributed by atoms with E-state index >= 15 is 0 Å². The fraction of sp³-hybridized carbons (Fsp3) is 0.700. The first-order chi connectivity index (χ1) is 8.93. The minimum Gasteiger partial charge on any atom is -0.0627 e. The number of rotatable bonds is 4. The molecule has 1 aromatic rings. The van der Waals surface area contributed by atoms with Gasteiger partial charge in [-0.15, -0.1) is 0 Å². The summed E-state index contributed by atoms with van der Waals surface area (Å²) in [4.78, 5) is 0. The average molecular weight is 274 g/mol. The number of hydrogen-bond acceptors (Lipinski definition) is 0. The molecule has 0 aliphatic carbocycles. The van der Waals surface area contributed by atoms with Gasteiger partial charge in [-0.25, -0.2) is 0 Å². The summed E-state index contributed by atoms with van der Waals surface area (Å²) < 4.78 is 0. The second-order valence-corrected chi connectivity index (χ2v) is 8.73. The highest BCUT2D eigenvalue weighted by molar-refractivity contribution is 5.38. The van der Waals surface area contributed by atoms with Crippen LogP contribution in [-0.4, -0.2) is 0 Å². The van der Waals surface area contributed by atoms with Gasteiger partial charge >= 0.3 is 0 Å². The molecule has 0 fully saturated rings. The Kier molecular flexibility index (Phi) is 5.11. The van der Waals surface area contributed by atoms with Crippen LogP contribution in [0.3, 0.4) is 0 Å². The minimum atomic E-state index is 0.216. The highest BCUT2D eigenvalue weighted by Gasteiger charge is 2.25. The fourth-order valence-electron chi connectivity index (χ4n) is 2.95. The first-order valence-electron chi connectivity index (χ1n) is 8.09. The van der Waals surface area contributed by atoms with Crippen molar-refractivity contribution in [2.24, 2.45) is 5.92 Å². The Morgan fingerprint density at radius 3 is 1.70 bits per heavy atom.